The summed E-state index contributed by atoms with van der Waals surface area (Å²) < 4.78 is 5.25. The van der Waals surface area contributed by atoms with E-state index in [1.165, 1.54) is 11.1 Å². The van der Waals surface area contributed by atoms with E-state index in [2.05, 4.69) is 62.1 Å². The highest BCUT2D eigenvalue weighted by Crippen LogP contribution is 2.21. The molecule has 0 amide bonds. The number of rotatable bonds is 8. The van der Waals surface area contributed by atoms with Crippen molar-refractivity contribution < 1.29 is 9.84 Å². The van der Waals surface area contributed by atoms with E-state index in [9.17, 15) is 0 Å². The van der Waals surface area contributed by atoms with Gasteiger partial charge in [-0.25, -0.2) is 0 Å². The summed E-state index contributed by atoms with van der Waals surface area (Å²) in [6, 6.07) is 17.1. The Morgan fingerprint density at radius 3 is 2.19 bits per heavy atom. The van der Waals surface area contributed by atoms with Crippen LogP contribution in [0.5, 0.6) is 5.75 Å². The van der Waals surface area contributed by atoms with Crippen LogP contribution in [0.2, 0.25) is 0 Å². The molecule has 0 aliphatic carbocycles. The highest BCUT2D eigenvalue weighted by molar-refractivity contribution is 5.45. The second kappa shape index (κ2) is 10.9. The number of aliphatic hydroxyl groups is 1. The van der Waals surface area contributed by atoms with Crippen LogP contribution >= 0.6 is 0 Å². The molecule has 2 heterocycles. The minimum atomic E-state index is 0.0694. The maximum atomic E-state index is 9.07. The highest BCUT2D eigenvalue weighted by Gasteiger charge is 2.21. The minimum absolute atomic E-state index is 0.0694. The summed E-state index contributed by atoms with van der Waals surface area (Å²) in [5.41, 5.74) is 3.77. The van der Waals surface area contributed by atoms with E-state index in [-0.39, 0.29) is 12.9 Å². The maximum Gasteiger partial charge on any atom is 0.132 e. The van der Waals surface area contributed by atoms with Crippen molar-refractivity contribution in [1.29, 1.82) is 0 Å². The molecule has 2 fully saturated rings. The lowest BCUT2D eigenvalue weighted by Crippen LogP contribution is -2.55. The molecule has 168 valence electrons. The topological polar surface area (TPSA) is 72.0 Å². The average Bonchev–Trinajstić information content (AvgIpc) is 2.82. The van der Waals surface area contributed by atoms with Crippen molar-refractivity contribution in [3.63, 3.8) is 0 Å². The van der Waals surface area contributed by atoms with Gasteiger partial charge in [0.05, 0.1) is 13.7 Å². The van der Waals surface area contributed by atoms with Crippen LogP contribution < -0.4 is 20.7 Å². The molecule has 2 aromatic carbocycles. The van der Waals surface area contributed by atoms with Gasteiger partial charge in [0.25, 0.3) is 0 Å². The molecule has 0 bridgehead atoms. The Morgan fingerprint density at radius 2 is 1.58 bits per heavy atom. The number of anilines is 1. The van der Waals surface area contributed by atoms with Crippen LogP contribution in [0.3, 0.4) is 0 Å². The molecule has 2 aliphatic rings. The number of piperazine rings is 1. The zero-order valence-corrected chi connectivity index (χ0v) is 18.4. The zero-order chi connectivity index (χ0) is 21.5. The first-order chi connectivity index (χ1) is 15.2. The normalized spacial score (nSPS) is 22.9. The number of hydrogen-bond acceptors (Lipinski definition) is 7. The largest absolute Gasteiger partial charge is 0.497 e. The Labute approximate surface area is 185 Å². The molecule has 0 radical (unpaired) electrons. The zero-order valence-electron chi connectivity index (χ0n) is 18.4. The van der Waals surface area contributed by atoms with Gasteiger partial charge in [0.15, 0.2) is 0 Å². The van der Waals surface area contributed by atoms with Gasteiger partial charge in [-0.2, -0.15) is 0 Å². The van der Waals surface area contributed by atoms with Gasteiger partial charge in [-0.1, -0.05) is 24.3 Å². The second-order valence-electron chi connectivity index (χ2n) is 8.40. The van der Waals surface area contributed by atoms with Gasteiger partial charge in [0.2, 0.25) is 0 Å². The third-order valence-electron chi connectivity index (χ3n) is 6.28. The van der Waals surface area contributed by atoms with Gasteiger partial charge in [0.1, 0.15) is 12.0 Å². The number of methoxy groups -OCH3 is 1. The quantitative estimate of drug-likeness (QED) is 0.511. The highest BCUT2D eigenvalue weighted by atomic mass is 16.5. The summed E-state index contributed by atoms with van der Waals surface area (Å²) in [6.07, 6.45) is 0.0694. The summed E-state index contributed by atoms with van der Waals surface area (Å²) in [5, 5.41) is 19.7. The molecule has 7 heteroatoms. The number of aliphatic hydroxyl groups excluding tert-OH is 1. The third-order valence-corrected chi connectivity index (χ3v) is 6.28. The fourth-order valence-electron chi connectivity index (χ4n) is 4.32. The molecule has 2 aromatic rings. The number of β-amino-alcohol motifs (C(OH)–C–C–N with tert-alkyl or cyclic N) is 1. The van der Waals surface area contributed by atoms with Gasteiger partial charge >= 0.3 is 0 Å². The maximum absolute atomic E-state index is 9.07. The second-order valence-corrected chi connectivity index (χ2v) is 8.40. The lowest BCUT2D eigenvalue weighted by Gasteiger charge is -2.34. The van der Waals surface area contributed by atoms with E-state index in [1.807, 2.05) is 12.1 Å². The van der Waals surface area contributed by atoms with Crippen molar-refractivity contribution in [3.8, 4) is 5.75 Å². The fourth-order valence-corrected chi connectivity index (χ4v) is 4.32. The smallest absolute Gasteiger partial charge is 0.132 e. The molecule has 0 spiro atoms. The predicted octanol–water partition coefficient (Wildman–Crippen LogP) is 1.48. The Balaban J connectivity index is 1.21. The summed E-state index contributed by atoms with van der Waals surface area (Å²) in [5.74, 6) is 1.34. The first-order valence-corrected chi connectivity index (χ1v) is 11.3. The number of hydrogen-bond donors (Lipinski definition) is 4. The van der Waals surface area contributed by atoms with Crippen molar-refractivity contribution in [2.24, 2.45) is 0 Å². The van der Waals surface area contributed by atoms with Gasteiger partial charge in [0, 0.05) is 64.0 Å². The Morgan fingerprint density at radius 1 is 0.935 bits per heavy atom. The summed E-state index contributed by atoms with van der Waals surface area (Å²) >= 11 is 0. The fraction of sp³-hybridized carbons (Fsp3) is 0.500. The molecule has 0 aromatic heterocycles. The Bertz CT molecular complexity index is 783. The van der Waals surface area contributed by atoms with E-state index < -0.39 is 0 Å². The number of benzene rings is 2. The van der Waals surface area contributed by atoms with Crippen LogP contribution in [0.1, 0.15) is 17.0 Å². The molecule has 0 atom stereocenters. The van der Waals surface area contributed by atoms with Crippen molar-refractivity contribution in [2.75, 3.05) is 64.8 Å². The minimum Gasteiger partial charge on any atom is -0.497 e. The SMILES string of the molecule is COc1ccc(C2CNC(Nc3ccc(CN4CCN(CCO)CC4)cc3)NC2)cc1. The molecule has 4 rings (SSSR count). The molecule has 2 saturated heterocycles. The Hall–Kier alpha value is -2.16. The molecular weight excluding hydrogens is 390 g/mol. The van der Waals surface area contributed by atoms with E-state index in [0.29, 0.717) is 5.92 Å². The van der Waals surface area contributed by atoms with Crippen LogP contribution in [-0.4, -0.2) is 80.7 Å². The molecule has 0 saturated carbocycles. The summed E-state index contributed by atoms with van der Waals surface area (Å²) in [6.45, 7) is 8.08. The lowest BCUT2D eigenvalue weighted by atomic mass is 9.97. The van der Waals surface area contributed by atoms with Crippen LogP contribution in [0.25, 0.3) is 0 Å². The number of nitrogens with one attached hydrogen (secondary N) is 3. The first-order valence-electron chi connectivity index (χ1n) is 11.3. The van der Waals surface area contributed by atoms with E-state index in [1.54, 1.807) is 7.11 Å². The Kier molecular flexibility index (Phi) is 7.77. The van der Waals surface area contributed by atoms with Crippen molar-refractivity contribution >= 4 is 5.69 Å². The summed E-state index contributed by atoms with van der Waals surface area (Å²) in [4.78, 5) is 4.81. The van der Waals surface area contributed by atoms with Crippen LogP contribution in [0.15, 0.2) is 48.5 Å². The third kappa shape index (κ3) is 6.18. The van der Waals surface area contributed by atoms with E-state index in [0.717, 1.165) is 63.8 Å². The molecule has 7 nitrogen and oxygen atoms in total. The standard InChI is InChI=1S/C24H35N5O2/c1-31-23-8-4-20(5-9-23)21-16-25-24(26-17-21)27-22-6-2-19(3-7-22)18-29-12-10-28(11-13-29)14-15-30/h2-9,21,24-27,30H,10-18H2,1H3. The average molecular weight is 426 g/mol. The van der Waals surface area contributed by atoms with Crippen LogP contribution in [0, 0.1) is 0 Å². The van der Waals surface area contributed by atoms with Gasteiger partial charge in [-0.15, -0.1) is 0 Å². The molecule has 4 N–H and O–H groups in total. The van der Waals surface area contributed by atoms with E-state index >= 15 is 0 Å². The van der Waals surface area contributed by atoms with E-state index in [4.69, 9.17) is 9.84 Å². The van der Waals surface area contributed by atoms with Crippen LogP contribution in [-0.2, 0) is 6.54 Å². The molecule has 31 heavy (non-hydrogen) atoms. The lowest BCUT2D eigenvalue weighted by molar-refractivity contribution is 0.108. The number of nitrogens with zero attached hydrogens (tertiary/aromatic N) is 2. The van der Waals surface area contributed by atoms with Gasteiger partial charge in [-0.3, -0.25) is 20.4 Å². The first kappa shape index (κ1) is 22.0. The molecule has 0 unspecified atom stereocenters. The van der Waals surface area contributed by atoms with Crippen molar-refractivity contribution in [3.05, 3.63) is 59.7 Å². The predicted molar refractivity (Wildman–Crippen MR) is 124 cm³/mol. The monoisotopic (exact) mass is 425 g/mol. The van der Waals surface area contributed by atoms with Crippen molar-refractivity contribution in [2.45, 2.75) is 18.8 Å². The summed E-state index contributed by atoms with van der Waals surface area (Å²) in [7, 11) is 1.70. The number of ether oxygens (including phenoxy) is 1. The van der Waals surface area contributed by atoms with Gasteiger partial charge in [-0.05, 0) is 35.4 Å². The van der Waals surface area contributed by atoms with Crippen molar-refractivity contribution in [1.82, 2.24) is 20.4 Å². The molecule has 2 aliphatic heterocycles. The van der Waals surface area contributed by atoms with Gasteiger partial charge < -0.3 is 15.2 Å². The van der Waals surface area contributed by atoms with Crippen LogP contribution in [0.4, 0.5) is 5.69 Å². The molecular formula is C24H35N5O2.